The normalized spacial score (nSPS) is 32.5. The third kappa shape index (κ3) is 1.85. The van der Waals surface area contributed by atoms with Crippen LogP contribution in [0.2, 0.25) is 0 Å². The van der Waals surface area contributed by atoms with E-state index in [0.29, 0.717) is 5.92 Å². The summed E-state index contributed by atoms with van der Waals surface area (Å²) in [6.07, 6.45) is 6.51. The fourth-order valence-corrected chi connectivity index (χ4v) is 4.11. The van der Waals surface area contributed by atoms with Gasteiger partial charge in [0.05, 0.1) is 16.4 Å². The lowest BCUT2D eigenvalue weighted by Gasteiger charge is -2.15. The molecule has 0 spiro atoms. The minimum Gasteiger partial charge on any atom is -0.386 e. The first-order valence-electron chi connectivity index (χ1n) is 6.63. The van der Waals surface area contributed by atoms with E-state index in [9.17, 15) is 5.11 Å². The number of fused-ring (bicyclic) bond motifs is 1. The first-order valence-corrected chi connectivity index (χ1v) is 7.42. The van der Waals surface area contributed by atoms with Crippen molar-refractivity contribution in [2.24, 2.45) is 17.8 Å². The average Bonchev–Trinajstić information content (AvgIpc) is 2.66. The molecule has 3 nitrogen and oxygen atoms in total. The Morgan fingerprint density at radius 2 is 2.24 bits per heavy atom. The fraction of sp³-hybridized carbons (Fsp3) is 0.769. The molecule has 2 fully saturated rings. The van der Waals surface area contributed by atoms with Crippen molar-refractivity contribution in [3.8, 4) is 0 Å². The van der Waals surface area contributed by atoms with Crippen LogP contribution in [0.5, 0.6) is 0 Å². The largest absolute Gasteiger partial charge is 0.386 e. The van der Waals surface area contributed by atoms with E-state index in [1.165, 1.54) is 19.3 Å². The molecule has 0 bridgehead atoms. The number of hydrogen-bond acceptors (Lipinski definition) is 2. The zero-order valence-corrected chi connectivity index (χ0v) is 11.7. The number of nitrogens with zero attached hydrogens (tertiary/aromatic N) is 2. The molecule has 94 valence electrons. The molecule has 0 radical (unpaired) electrons. The molecule has 2 saturated carbocycles. The van der Waals surface area contributed by atoms with Gasteiger partial charge in [-0.25, -0.2) is 0 Å². The van der Waals surface area contributed by atoms with Crippen molar-refractivity contribution >= 4 is 15.9 Å². The van der Waals surface area contributed by atoms with E-state index in [4.69, 9.17) is 0 Å². The summed E-state index contributed by atoms with van der Waals surface area (Å²) < 4.78 is 2.92. The molecular weight excluding hydrogens is 280 g/mol. The van der Waals surface area contributed by atoms with Crippen LogP contribution in [-0.2, 0) is 6.54 Å². The quantitative estimate of drug-likeness (QED) is 0.927. The number of aromatic nitrogens is 2. The Hall–Kier alpha value is -0.350. The van der Waals surface area contributed by atoms with Crippen molar-refractivity contribution in [2.45, 2.75) is 45.3 Å². The molecule has 17 heavy (non-hydrogen) atoms. The van der Waals surface area contributed by atoms with Crippen LogP contribution >= 0.6 is 15.9 Å². The van der Waals surface area contributed by atoms with Crippen LogP contribution in [0.15, 0.2) is 10.7 Å². The van der Waals surface area contributed by atoms with Gasteiger partial charge < -0.3 is 5.11 Å². The topological polar surface area (TPSA) is 38.0 Å². The van der Waals surface area contributed by atoms with Gasteiger partial charge in [-0.3, -0.25) is 4.68 Å². The summed E-state index contributed by atoms with van der Waals surface area (Å²) in [4.78, 5) is 0. The molecule has 1 heterocycles. The van der Waals surface area contributed by atoms with Crippen LogP contribution in [0.4, 0.5) is 0 Å². The van der Waals surface area contributed by atoms with Crippen LogP contribution in [0.3, 0.4) is 0 Å². The predicted octanol–water partition coefficient (Wildman–Crippen LogP) is 3.14. The molecule has 3 atom stereocenters. The summed E-state index contributed by atoms with van der Waals surface area (Å²) >= 11 is 3.52. The van der Waals surface area contributed by atoms with Gasteiger partial charge in [-0.15, -0.1) is 0 Å². The third-order valence-electron chi connectivity index (χ3n) is 4.39. The highest BCUT2D eigenvalue weighted by atomic mass is 79.9. The molecule has 0 aromatic carbocycles. The average molecular weight is 299 g/mol. The van der Waals surface area contributed by atoms with Crippen LogP contribution < -0.4 is 0 Å². The van der Waals surface area contributed by atoms with E-state index in [-0.39, 0.29) is 6.10 Å². The van der Waals surface area contributed by atoms with Crippen LogP contribution in [0, 0.1) is 17.8 Å². The Balaban J connectivity index is 1.81. The Labute approximate surface area is 110 Å². The lowest BCUT2D eigenvalue weighted by Crippen LogP contribution is -2.13. The van der Waals surface area contributed by atoms with E-state index in [1.54, 1.807) is 0 Å². The van der Waals surface area contributed by atoms with Gasteiger partial charge >= 0.3 is 0 Å². The van der Waals surface area contributed by atoms with Crippen LogP contribution in [0.1, 0.15) is 44.4 Å². The standard InChI is InChI=1S/C13H19BrN2O/c1-2-6-16-12(10(14)7-15-16)13(17)11-8-4-3-5-9(8)11/h7-9,11,13,17H,2-6H2,1H3. The Bertz CT molecular complexity index is 408. The smallest absolute Gasteiger partial charge is 0.100 e. The first kappa shape index (κ1) is 11.7. The van der Waals surface area contributed by atoms with Crippen molar-refractivity contribution in [3.63, 3.8) is 0 Å². The second kappa shape index (κ2) is 4.39. The fourth-order valence-electron chi connectivity index (χ4n) is 3.58. The highest BCUT2D eigenvalue weighted by molar-refractivity contribution is 9.10. The van der Waals surface area contributed by atoms with E-state index < -0.39 is 0 Å². The molecule has 1 aromatic heterocycles. The number of rotatable bonds is 4. The Kier molecular flexibility index (Phi) is 3.03. The van der Waals surface area contributed by atoms with Gasteiger partial charge in [-0.1, -0.05) is 13.3 Å². The molecular formula is C13H19BrN2O. The second-order valence-electron chi connectivity index (χ2n) is 5.38. The molecule has 0 aliphatic heterocycles. The number of hydrogen-bond donors (Lipinski definition) is 1. The molecule has 4 heteroatoms. The van der Waals surface area contributed by atoms with Crippen molar-refractivity contribution in [1.82, 2.24) is 9.78 Å². The zero-order valence-electron chi connectivity index (χ0n) is 10.1. The third-order valence-corrected chi connectivity index (χ3v) is 5.00. The maximum atomic E-state index is 10.6. The van der Waals surface area contributed by atoms with E-state index in [2.05, 4.69) is 28.0 Å². The second-order valence-corrected chi connectivity index (χ2v) is 6.24. The number of aryl methyl sites for hydroxylation is 1. The molecule has 1 N–H and O–H groups in total. The lowest BCUT2D eigenvalue weighted by atomic mass is 10.0. The van der Waals surface area contributed by atoms with Crippen molar-refractivity contribution in [3.05, 3.63) is 16.4 Å². The summed E-state index contributed by atoms with van der Waals surface area (Å²) in [5.74, 6) is 2.05. The monoisotopic (exact) mass is 298 g/mol. The molecule has 1 aromatic rings. The number of aliphatic hydroxyl groups excluding tert-OH is 1. The SMILES string of the molecule is CCCn1ncc(Br)c1C(O)C1C2CCCC21. The highest BCUT2D eigenvalue weighted by Gasteiger charge is 2.56. The molecule has 3 rings (SSSR count). The summed E-state index contributed by atoms with van der Waals surface area (Å²) in [6.45, 7) is 3.03. The molecule has 0 saturated heterocycles. The summed E-state index contributed by atoms with van der Waals surface area (Å²) in [6, 6.07) is 0. The summed E-state index contributed by atoms with van der Waals surface area (Å²) in [5, 5.41) is 14.9. The minimum atomic E-state index is -0.325. The van der Waals surface area contributed by atoms with Gasteiger partial charge in [0.2, 0.25) is 0 Å². The van der Waals surface area contributed by atoms with Gasteiger partial charge in [-0.05, 0) is 52.9 Å². The van der Waals surface area contributed by atoms with E-state index in [0.717, 1.165) is 35.0 Å². The zero-order chi connectivity index (χ0) is 12.0. The summed E-state index contributed by atoms with van der Waals surface area (Å²) in [5.41, 5.74) is 0.992. The molecule has 0 amide bonds. The molecule has 2 aliphatic rings. The van der Waals surface area contributed by atoms with E-state index >= 15 is 0 Å². The number of aliphatic hydroxyl groups is 1. The highest BCUT2D eigenvalue weighted by Crippen LogP contribution is 2.62. The predicted molar refractivity (Wildman–Crippen MR) is 69.5 cm³/mol. The van der Waals surface area contributed by atoms with Crippen molar-refractivity contribution in [1.29, 1.82) is 0 Å². The number of halogens is 1. The van der Waals surface area contributed by atoms with Crippen molar-refractivity contribution < 1.29 is 5.11 Å². The lowest BCUT2D eigenvalue weighted by molar-refractivity contribution is 0.126. The maximum absolute atomic E-state index is 10.6. The van der Waals surface area contributed by atoms with Gasteiger partial charge in [0, 0.05) is 6.54 Å². The Morgan fingerprint density at radius 3 is 2.88 bits per heavy atom. The van der Waals surface area contributed by atoms with Crippen molar-refractivity contribution in [2.75, 3.05) is 0 Å². The van der Waals surface area contributed by atoms with Gasteiger partial charge in [-0.2, -0.15) is 5.10 Å². The first-order chi connectivity index (χ1) is 8.24. The van der Waals surface area contributed by atoms with Gasteiger partial charge in [0.15, 0.2) is 0 Å². The molecule has 3 unspecified atom stereocenters. The van der Waals surface area contributed by atoms with Crippen LogP contribution in [0.25, 0.3) is 0 Å². The molecule has 2 aliphatic carbocycles. The van der Waals surface area contributed by atoms with Gasteiger partial charge in [0.1, 0.15) is 6.10 Å². The summed E-state index contributed by atoms with van der Waals surface area (Å²) in [7, 11) is 0. The van der Waals surface area contributed by atoms with Gasteiger partial charge in [0.25, 0.3) is 0 Å². The van der Waals surface area contributed by atoms with E-state index in [1.807, 2.05) is 10.9 Å². The Morgan fingerprint density at radius 1 is 1.53 bits per heavy atom. The minimum absolute atomic E-state index is 0.325. The maximum Gasteiger partial charge on any atom is 0.100 e. The van der Waals surface area contributed by atoms with Crippen LogP contribution in [-0.4, -0.2) is 14.9 Å².